The van der Waals surface area contributed by atoms with Crippen LogP contribution in [0.25, 0.3) is 101 Å². The maximum absolute atomic E-state index is 5.21. The Morgan fingerprint density at radius 2 is 1.06 bits per heavy atom. The summed E-state index contributed by atoms with van der Waals surface area (Å²) in [5.41, 5.74) is 10.4. The minimum Gasteiger partial charge on any atom is -0.291 e. The standard InChI is InChI=1S/C45H26N2S2/c1-2-8-33-30(7-1)21-23-35-37-26-40(47-39-11-5-4-10-38(39)46-45(47)44(37)49-43(33)35)31-19-17-28(18-20-31)27-13-15-29(16-14-27)32-22-24-42-36(25-32)34-9-3-6-12-41(34)48-42/h1-26H. The van der Waals surface area contributed by atoms with Crippen molar-refractivity contribution in [3.8, 4) is 33.5 Å². The summed E-state index contributed by atoms with van der Waals surface area (Å²) >= 11 is 3.72. The molecule has 0 aliphatic rings. The number of thiophene rings is 2. The van der Waals surface area contributed by atoms with Crippen molar-refractivity contribution in [2.24, 2.45) is 0 Å². The zero-order chi connectivity index (χ0) is 32.1. The average molecular weight is 659 g/mol. The van der Waals surface area contributed by atoms with Crippen LogP contribution in [0, 0.1) is 0 Å². The third-order valence-electron chi connectivity index (χ3n) is 10.0. The molecule has 228 valence electrons. The van der Waals surface area contributed by atoms with Gasteiger partial charge in [0.2, 0.25) is 0 Å². The van der Waals surface area contributed by atoms with Gasteiger partial charge in [-0.1, -0.05) is 121 Å². The SMILES string of the molecule is c1ccc2c(c1)ccc1c3cc(-c4ccc(-c5ccc(-c6ccc7sc8ccccc8c7c6)cc5)cc4)n4c5ccccc5nc4c3sc21. The highest BCUT2D eigenvalue weighted by molar-refractivity contribution is 7.27. The Balaban J connectivity index is 1.02. The first-order valence-electron chi connectivity index (χ1n) is 16.5. The summed E-state index contributed by atoms with van der Waals surface area (Å²) in [5.74, 6) is 0. The molecule has 0 amide bonds. The molecule has 0 unspecified atom stereocenters. The summed E-state index contributed by atoms with van der Waals surface area (Å²) in [7, 11) is 0. The Kier molecular flexibility index (Phi) is 5.74. The lowest BCUT2D eigenvalue weighted by Gasteiger charge is -2.10. The molecule has 11 rings (SSSR count). The van der Waals surface area contributed by atoms with Crippen LogP contribution < -0.4 is 0 Å². The lowest BCUT2D eigenvalue weighted by atomic mass is 9.98. The molecule has 0 saturated heterocycles. The van der Waals surface area contributed by atoms with Crippen LogP contribution in [-0.2, 0) is 0 Å². The number of nitrogens with zero attached hydrogens (tertiary/aromatic N) is 2. The Morgan fingerprint density at radius 1 is 0.408 bits per heavy atom. The molecule has 4 aromatic heterocycles. The lowest BCUT2D eigenvalue weighted by molar-refractivity contribution is 1.25. The molecule has 0 atom stereocenters. The minimum atomic E-state index is 1.02. The summed E-state index contributed by atoms with van der Waals surface area (Å²) in [6, 6.07) is 57.6. The van der Waals surface area contributed by atoms with Crippen LogP contribution in [-0.4, -0.2) is 9.38 Å². The number of pyridine rings is 1. The molecule has 7 aromatic carbocycles. The molecule has 4 heterocycles. The average Bonchev–Trinajstić information content (AvgIpc) is 3.86. The number of rotatable bonds is 3. The second kappa shape index (κ2) is 10.3. The molecule has 0 bridgehead atoms. The molecule has 0 radical (unpaired) electrons. The highest BCUT2D eigenvalue weighted by Crippen LogP contribution is 2.43. The molecule has 2 nitrogen and oxygen atoms in total. The molecule has 0 aliphatic heterocycles. The van der Waals surface area contributed by atoms with E-state index in [1.165, 1.54) is 78.9 Å². The highest BCUT2D eigenvalue weighted by atomic mass is 32.1. The van der Waals surface area contributed by atoms with Gasteiger partial charge in [0, 0.05) is 35.6 Å². The molecular formula is C45H26N2S2. The normalized spacial score (nSPS) is 12.1. The van der Waals surface area contributed by atoms with Gasteiger partial charge in [0.15, 0.2) is 5.65 Å². The van der Waals surface area contributed by atoms with Gasteiger partial charge in [0.1, 0.15) is 0 Å². The fourth-order valence-corrected chi connectivity index (χ4v) is 9.97. The Labute approximate surface area is 289 Å². The van der Waals surface area contributed by atoms with E-state index in [1.54, 1.807) is 0 Å². The van der Waals surface area contributed by atoms with Gasteiger partial charge in [-0.05, 0) is 75.0 Å². The van der Waals surface area contributed by atoms with Crippen molar-refractivity contribution in [3.63, 3.8) is 0 Å². The van der Waals surface area contributed by atoms with Crippen LogP contribution in [0.2, 0.25) is 0 Å². The first-order chi connectivity index (χ1) is 24.3. The molecule has 4 heteroatoms. The first-order valence-corrected chi connectivity index (χ1v) is 18.2. The Bertz CT molecular complexity index is 3090. The number of hydrogen-bond donors (Lipinski definition) is 0. The summed E-state index contributed by atoms with van der Waals surface area (Å²) in [5, 5.41) is 7.79. The Hall–Kier alpha value is -5.81. The van der Waals surface area contributed by atoms with Gasteiger partial charge in [-0.25, -0.2) is 4.98 Å². The molecule has 11 aromatic rings. The van der Waals surface area contributed by atoms with Crippen LogP contribution in [0.1, 0.15) is 0 Å². The second-order valence-corrected chi connectivity index (χ2v) is 14.9. The van der Waals surface area contributed by atoms with Crippen LogP contribution in [0.4, 0.5) is 0 Å². The van der Waals surface area contributed by atoms with Crippen molar-refractivity contribution >= 4 is 90.5 Å². The van der Waals surface area contributed by atoms with Gasteiger partial charge in [-0.3, -0.25) is 4.40 Å². The van der Waals surface area contributed by atoms with E-state index in [1.807, 2.05) is 22.7 Å². The number of imidazole rings is 1. The monoisotopic (exact) mass is 658 g/mol. The van der Waals surface area contributed by atoms with Gasteiger partial charge in [-0.15, -0.1) is 22.7 Å². The van der Waals surface area contributed by atoms with E-state index in [4.69, 9.17) is 4.98 Å². The number of benzene rings is 7. The molecule has 0 N–H and O–H groups in total. The third-order valence-corrected chi connectivity index (χ3v) is 12.4. The predicted molar refractivity (Wildman–Crippen MR) is 212 cm³/mol. The van der Waals surface area contributed by atoms with E-state index in [-0.39, 0.29) is 0 Å². The van der Waals surface area contributed by atoms with Crippen LogP contribution in [0.5, 0.6) is 0 Å². The smallest absolute Gasteiger partial charge is 0.156 e. The first kappa shape index (κ1) is 27.2. The van der Waals surface area contributed by atoms with Gasteiger partial charge < -0.3 is 0 Å². The number of fused-ring (bicyclic) bond motifs is 12. The van der Waals surface area contributed by atoms with Crippen molar-refractivity contribution in [2.45, 2.75) is 0 Å². The van der Waals surface area contributed by atoms with Gasteiger partial charge in [0.05, 0.1) is 21.4 Å². The summed E-state index contributed by atoms with van der Waals surface area (Å²) in [6.07, 6.45) is 0. The topological polar surface area (TPSA) is 17.3 Å². The maximum Gasteiger partial charge on any atom is 0.156 e. The molecule has 0 saturated carbocycles. The fourth-order valence-electron chi connectivity index (χ4n) is 7.58. The van der Waals surface area contributed by atoms with E-state index < -0.39 is 0 Å². The zero-order valence-corrected chi connectivity index (χ0v) is 27.9. The van der Waals surface area contributed by atoms with Crippen molar-refractivity contribution in [1.82, 2.24) is 9.38 Å². The molecule has 0 spiro atoms. The van der Waals surface area contributed by atoms with E-state index in [0.29, 0.717) is 0 Å². The number of hydrogen-bond acceptors (Lipinski definition) is 3. The van der Waals surface area contributed by atoms with Crippen LogP contribution >= 0.6 is 22.7 Å². The van der Waals surface area contributed by atoms with E-state index in [9.17, 15) is 0 Å². The van der Waals surface area contributed by atoms with Crippen molar-refractivity contribution in [1.29, 1.82) is 0 Å². The molecule has 0 aliphatic carbocycles. The predicted octanol–water partition coefficient (Wildman–Crippen LogP) is 13.4. The third kappa shape index (κ3) is 4.08. The van der Waals surface area contributed by atoms with Crippen LogP contribution in [0.3, 0.4) is 0 Å². The van der Waals surface area contributed by atoms with Gasteiger partial charge in [0.25, 0.3) is 0 Å². The largest absolute Gasteiger partial charge is 0.291 e. The lowest BCUT2D eigenvalue weighted by Crippen LogP contribution is -1.93. The summed E-state index contributed by atoms with van der Waals surface area (Å²) in [6.45, 7) is 0. The van der Waals surface area contributed by atoms with Crippen molar-refractivity contribution < 1.29 is 0 Å². The zero-order valence-electron chi connectivity index (χ0n) is 26.2. The van der Waals surface area contributed by atoms with Crippen molar-refractivity contribution in [3.05, 3.63) is 158 Å². The maximum atomic E-state index is 5.21. The summed E-state index contributed by atoms with van der Waals surface area (Å²) < 4.78 is 7.58. The minimum absolute atomic E-state index is 1.02. The quantitative estimate of drug-likeness (QED) is 0.185. The van der Waals surface area contributed by atoms with Gasteiger partial charge >= 0.3 is 0 Å². The number of para-hydroxylation sites is 2. The summed E-state index contributed by atoms with van der Waals surface area (Å²) in [4.78, 5) is 5.21. The highest BCUT2D eigenvalue weighted by Gasteiger charge is 2.18. The van der Waals surface area contributed by atoms with Gasteiger partial charge in [-0.2, -0.15) is 0 Å². The van der Waals surface area contributed by atoms with E-state index >= 15 is 0 Å². The van der Waals surface area contributed by atoms with Crippen molar-refractivity contribution in [2.75, 3.05) is 0 Å². The molecule has 0 fully saturated rings. The van der Waals surface area contributed by atoms with E-state index in [2.05, 4.69) is 162 Å². The van der Waals surface area contributed by atoms with E-state index in [0.717, 1.165) is 22.4 Å². The molecule has 49 heavy (non-hydrogen) atoms. The van der Waals surface area contributed by atoms with Crippen LogP contribution in [0.15, 0.2) is 158 Å². The fraction of sp³-hybridized carbons (Fsp3) is 0. The number of aromatic nitrogens is 2. The molecular weight excluding hydrogens is 633 g/mol. The Morgan fingerprint density at radius 3 is 1.90 bits per heavy atom. The second-order valence-electron chi connectivity index (χ2n) is 12.8.